The Morgan fingerprint density at radius 3 is 2.43 bits per heavy atom. The topological polar surface area (TPSA) is 52.3 Å². The predicted molar refractivity (Wildman–Crippen MR) is 20.8 cm³/mol. The zero-order chi connectivity index (χ0) is 5.86. The van der Waals surface area contributed by atoms with Gasteiger partial charge in [-0.1, -0.05) is 0 Å². The molecule has 0 fully saturated rings. The number of primary amides is 1. The Labute approximate surface area is 40.2 Å². The average molecular weight is 107 g/mol. The molecule has 3 nitrogen and oxygen atoms in total. The van der Waals surface area contributed by atoms with Crippen molar-refractivity contribution in [1.82, 2.24) is 0 Å². The minimum absolute atomic E-state index is 0.803. The molecule has 0 heterocycles. The molecule has 0 rings (SSSR count). The van der Waals surface area contributed by atoms with Crippen molar-refractivity contribution in [2.24, 2.45) is 5.73 Å². The first-order valence-electron chi connectivity index (χ1n) is 1.75. The second kappa shape index (κ2) is 2.52. The predicted octanol–water partition coefficient (Wildman–Crippen LogP) is -0.239. The van der Waals surface area contributed by atoms with Crippen LogP contribution in [0.3, 0.4) is 0 Å². The second-order valence-electron chi connectivity index (χ2n) is 1.13. The SMILES string of the molecule is CC(OF)C(N)=O. The van der Waals surface area contributed by atoms with Crippen LogP contribution < -0.4 is 5.73 Å². The fourth-order valence-electron chi connectivity index (χ4n) is 0.0439. The molecule has 0 aliphatic heterocycles. The lowest BCUT2D eigenvalue weighted by Gasteiger charge is -1.95. The van der Waals surface area contributed by atoms with Crippen LogP contribution >= 0.6 is 0 Å². The fraction of sp³-hybridized carbons (Fsp3) is 0.667. The van der Waals surface area contributed by atoms with Gasteiger partial charge in [0.25, 0.3) is 0 Å². The van der Waals surface area contributed by atoms with E-state index in [-0.39, 0.29) is 0 Å². The molecule has 1 atom stereocenters. The molecule has 0 saturated carbocycles. The smallest absolute Gasteiger partial charge is 0.249 e. The van der Waals surface area contributed by atoms with Crippen molar-refractivity contribution in [2.75, 3.05) is 0 Å². The van der Waals surface area contributed by atoms with Crippen molar-refractivity contribution in [3.63, 3.8) is 0 Å². The highest BCUT2D eigenvalue weighted by Crippen LogP contribution is 1.85. The molecule has 1 unspecified atom stereocenters. The Bertz CT molecular complexity index is 75.3. The van der Waals surface area contributed by atoms with E-state index in [1.807, 2.05) is 0 Å². The summed E-state index contributed by atoms with van der Waals surface area (Å²) in [5.74, 6) is -0.803. The standard InChI is InChI=1S/C3H6FNO2/c1-2(7-4)3(5)6/h2H,1H3,(H2,5,6). The first-order chi connectivity index (χ1) is 3.18. The molecule has 7 heavy (non-hydrogen) atoms. The zero-order valence-electron chi connectivity index (χ0n) is 3.85. The van der Waals surface area contributed by atoms with E-state index in [2.05, 4.69) is 10.7 Å². The van der Waals surface area contributed by atoms with Crippen LogP contribution in [0.15, 0.2) is 0 Å². The molecular weight excluding hydrogens is 101 g/mol. The molecule has 0 aromatic rings. The third kappa shape index (κ3) is 2.11. The van der Waals surface area contributed by atoms with Crippen LogP contribution in [0, 0.1) is 0 Å². The molecule has 0 spiro atoms. The van der Waals surface area contributed by atoms with Crippen LogP contribution in [0.1, 0.15) is 6.92 Å². The van der Waals surface area contributed by atoms with Crippen LogP contribution in [0.2, 0.25) is 0 Å². The minimum atomic E-state index is -1.13. The van der Waals surface area contributed by atoms with Gasteiger partial charge in [0.1, 0.15) is 0 Å². The maximum atomic E-state index is 10.8. The van der Waals surface area contributed by atoms with E-state index in [1.54, 1.807) is 0 Å². The maximum Gasteiger partial charge on any atom is 0.249 e. The van der Waals surface area contributed by atoms with E-state index in [0.717, 1.165) is 0 Å². The molecular formula is C3H6FNO2. The number of hydrogen-bond donors (Lipinski definition) is 1. The van der Waals surface area contributed by atoms with Gasteiger partial charge in [-0.25, -0.2) is 0 Å². The summed E-state index contributed by atoms with van der Waals surface area (Å²) in [6.07, 6.45) is -1.13. The molecule has 0 saturated heterocycles. The van der Waals surface area contributed by atoms with Crippen LogP contribution in [0.4, 0.5) is 4.53 Å². The van der Waals surface area contributed by atoms with Crippen LogP contribution in [-0.4, -0.2) is 12.0 Å². The Balaban J connectivity index is 3.34. The highest BCUT2D eigenvalue weighted by atomic mass is 19.3. The lowest BCUT2D eigenvalue weighted by molar-refractivity contribution is -0.180. The summed E-state index contributed by atoms with van der Waals surface area (Å²) in [7, 11) is 0. The Kier molecular flexibility index (Phi) is 2.29. The molecule has 2 N–H and O–H groups in total. The minimum Gasteiger partial charge on any atom is -0.367 e. The first-order valence-corrected chi connectivity index (χ1v) is 1.75. The number of carbonyl (C=O) groups is 1. The van der Waals surface area contributed by atoms with Crippen molar-refractivity contribution in [3.8, 4) is 0 Å². The van der Waals surface area contributed by atoms with Gasteiger partial charge >= 0.3 is 0 Å². The van der Waals surface area contributed by atoms with E-state index in [0.29, 0.717) is 0 Å². The summed E-state index contributed by atoms with van der Waals surface area (Å²) in [5.41, 5.74) is 4.54. The van der Waals surface area contributed by atoms with Gasteiger partial charge in [-0.15, -0.1) is 0 Å². The Hall–Kier alpha value is -0.640. The number of hydrogen-bond acceptors (Lipinski definition) is 2. The van der Waals surface area contributed by atoms with Crippen LogP contribution in [0.25, 0.3) is 0 Å². The molecule has 0 aromatic heterocycles. The zero-order valence-corrected chi connectivity index (χ0v) is 3.85. The van der Waals surface area contributed by atoms with Crippen molar-refractivity contribution < 1.29 is 14.3 Å². The summed E-state index contributed by atoms with van der Waals surface area (Å²) in [4.78, 5) is 12.8. The quantitative estimate of drug-likeness (QED) is 0.529. The summed E-state index contributed by atoms with van der Waals surface area (Å²) in [6, 6.07) is 0. The number of amides is 1. The van der Waals surface area contributed by atoms with Crippen molar-refractivity contribution >= 4 is 5.91 Å². The lowest BCUT2D eigenvalue weighted by atomic mass is 10.4. The van der Waals surface area contributed by atoms with Gasteiger partial charge in [0.15, 0.2) is 6.10 Å². The van der Waals surface area contributed by atoms with Crippen molar-refractivity contribution in [2.45, 2.75) is 13.0 Å². The number of halogens is 1. The van der Waals surface area contributed by atoms with E-state index >= 15 is 0 Å². The Morgan fingerprint density at radius 1 is 2.00 bits per heavy atom. The van der Waals surface area contributed by atoms with Gasteiger partial charge < -0.3 is 5.73 Å². The van der Waals surface area contributed by atoms with Gasteiger partial charge in [0.2, 0.25) is 5.91 Å². The lowest BCUT2D eigenvalue weighted by Crippen LogP contribution is -2.25. The Morgan fingerprint density at radius 2 is 2.43 bits per heavy atom. The molecule has 0 bridgehead atoms. The van der Waals surface area contributed by atoms with Gasteiger partial charge in [0.05, 0.1) is 0 Å². The summed E-state index contributed by atoms with van der Waals surface area (Å²) in [6.45, 7) is 1.22. The van der Waals surface area contributed by atoms with Gasteiger partial charge in [-0.05, 0) is 11.4 Å². The number of nitrogens with two attached hydrogens (primary N) is 1. The van der Waals surface area contributed by atoms with E-state index < -0.39 is 12.0 Å². The van der Waals surface area contributed by atoms with E-state index in [4.69, 9.17) is 0 Å². The van der Waals surface area contributed by atoms with Gasteiger partial charge in [0, 0.05) is 0 Å². The molecule has 0 aromatic carbocycles. The van der Waals surface area contributed by atoms with Gasteiger partial charge in [-0.3, -0.25) is 4.79 Å². The van der Waals surface area contributed by atoms with Crippen molar-refractivity contribution in [3.05, 3.63) is 0 Å². The third-order valence-electron chi connectivity index (χ3n) is 0.534. The third-order valence-corrected chi connectivity index (χ3v) is 0.534. The summed E-state index contributed by atoms with van der Waals surface area (Å²) < 4.78 is 10.8. The second-order valence-corrected chi connectivity index (χ2v) is 1.13. The van der Waals surface area contributed by atoms with E-state index in [9.17, 15) is 9.32 Å². The molecule has 42 valence electrons. The molecule has 4 heteroatoms. The highest BCUT2D eigenvalue weighted by Gasteiger charge is 2.06. The normalized spacial score (nSPS) is 13.4. The van der Waals surface area contributed by atoms with Crippen LogP contribution in [-0.2, 0) is 9.74 Å². The van der Waals surface area contributed by atoms with E-state index in [1.165, 1.54) is 6.92 Å². The van der Waals surface area contributed by atoms with Crippen molar-refractivity contribution in [1.29, 1.82) is 0 Å². The van der Waals surface area contributed by atoms with Gasteiger partial charge in [-0.2, -0.15) is 4.94 Å². The number of carbonyl (C=O) groups excluding carboxylic acids is 1. The maximum absolute atomic E-state index is 10.8. The largest absolute Gasteiger partial charge is 0.367 e. The van der Waals surface area contributed by atoms with Crippen LogP contribution in [0.5, 0.6) is 0 Å². The highest BCUT2D eigenvalue weighted by molar-refractivity contribution is 5.78. The summed E-state index contributed by atoms with van der Waals surface area (Å²) >= 11 is 0. The fourth-order valence-corrected chi connectivity index (χ4v) is 0.0439. The molecule has 0 radical (unpaired) electrons. The first kappa shape index (κ1) is 6.36. The molecule has 1 amide bonds. The molecule has 0 aliphatic rings. The summed E-state index contributed by atoms with van der Waals surface area (Å²) in [5, 5.41) is 0. The monoisotopic (exact) mass is 107 g/mol. The molecule has 0 aliphatic carbocycles. The number of rotatable bonds is 2. The average Bonchev–Trinajstić information content (AvgIpc) is 1.65.